The number of halogens is 1. The van der Waals surface area contributed by atoms with Gasteiger partial charge in [0.2, 0.25) is 0 Å². The first-order chi connectivity index (χ1) is 7.16. The van der Waals surface area contributed by atoms with Crippen molar-refractivity contribution in [2.45, 2.75) is 5.60 Å². The van der Waals surface area contributed by atoms with Crippen molar-refractivity contribution in [3.63, 3.8) is 0 Å². The molecular formula is C11H9BrO3. The van der Waals surface area contributed by atoms with Crippen LogP contribution >= 0.6 is 15.9 Å². The van der Waals surface area contributed by atoms with Crippen molar-refractivity contribution in [2.75, 3.05) is 6.61 Å². The lowest BCUT2D eigenvalue weighted by Gasteiger charge is -2.20. The van der Waals surface area contributed by atoms with E-state index in [9.17, 15) is 4.79 Å². The van der Waals surface area contributed by atoms with Crippen molar-refractivity contribution in [3.05, 3.63) is 47.0 Å². The van der Waals surface area contributed by atoms with Crippen molar-refractivity contribution in [1.29, 1.82) is 0 Å². The first kappa shape index (κ1) is 10.2. The van der Waals surface area contributed by atoms with Gasteiger partial charge in [-0.2, -0.15) is 0 Å². The van der Waals surface area contributed by atoms with Crippen LogP contribution in [0.4, 0.5) is 4.79 Å². The van der Waals surface area contributed by atoms with E-state index in [0.717, 1.165) is 10.0 Å². The Bertz CT molecular complexity index is 399. The lowest BCUT2D eigenvalue weighted by Crippen LogP contribution is -2.25. The molecule has 2 rings (SSSR count). The summed E-state index contributed by atoms with van der Waals surface area (Å²) in [4.78, 5) is 11.0. The molecule has 1 atom stereocenters. The molecule has 3 nitrogen and oxygen atoms in total. The van der Waals surface area contributed by atoms with Crippen LogP contribution in [0.15, 0.2) is 41.4 Å². The second-order valence-corrected chi connectivity index (χ2v) is 4.16. The van der Waals surface area contributed by atoms with Crippen molar-refractivity contribution in [3.8, 4) is 0 Å². The highest BCUT2D eigenvalue weighted by Gasteiger charge is 2.41. The van der Waals surface area contributed by atoms with Gasteiger partial charge in [0.15, 0.2) is 5.60 Å². The Balaban J connectivity index is 2.38. The zero-order valence-corrected chi connectivity index (χ0v) is 9.49. The maximum Gasteiger partial charge on any atom is 0.509 e. The monoisotopic (exact) mass is 268 g/mol. The number of ether oxygens (including phenoxy) is 2. The van der Waals surface area contributed by atoms with Crippen LogP contribution in [0.2, 0.25) is 0 Å². The second-order valence-electron chi connectivity index (χ2n) is 3.24. The van der Waals surface area contributed by atoms with Crippen LogP contribution < -0.4 is 0 Å². The van der Waals surface area contributed by atoms with Crippen LogP contribution in [0.3, 0.4) is 0 Å². The molecule has 0 amide bonds. The summed E-state index contributed by atoms with van der Waals surface area (Å²) in [7, 11) is 0. The number of hydrogen-bond acceptors (Lipinski definition) is 3. The molecule has 1 aliphatic heterocycles. The van der Waals surface area contributed by atoms with E-state index in [-0.39, 0.29) is 6.61 Å². The summed E-state index contributed by atoms with van der Waals surface area (Å²) < 4.78 is 10.9. The third-order valence-corrected chi connectivity index (χ3v) is 2.86. The quantitative estimate of drug-likeness (QED) is 0.611. The predicted octanol–water partition coefficient (Wildman–Crippen LogP) is 3.00. The molecule has 0 aromatic heterocycles. The Morgan fingerprint density at radius 2 is 2.07 bits per heavy atom. The van der Waals surface area contributed by atoms with Gasteiger partial charge in [-0.3, -0.25) is 0 Å². The zero-order chi connectivity index (χ0) is 10.9. The Kier molecular flexibility index (Phi) is 2.52. The fourth-order valence-electron chi connectivity index (χ4n) is 1.47. The van der Waals surface area contributed by atoms with Gasteiger partial charge >= 0.3 is 6.16 Å². The van der Waals surface area contributed by atoms with Gasteiger partial charge in [-0.15, -0.1) is 0 Å². The lowest BCUT2D eigenvalue weighted by atomic mass is 9.95. The average Bonchev–Trinajstić information content (AvgIpc) is 2.62. The molecule has 0 bridgehead atoms. The van der Waals surface area contributed by atoms with Crippen LogP contribution in [0.5, 0.6) is 0 Å². The smallest absolute Gasteiger partial charge is 0.429 e. The first-order valence-electron chi connectivity index (χ1n) is 4.42. The van der Waals surface area contributed by atoms with Gasteiger partial charge in [-0.05, 0) is 18.2 Å². The molecule has 15 heavy (non-hydrogen) atoms. The van der Waals surface area contributed by atoms with Gasteiger partial charge in [-0.25, -0.2) is 4.79 Å². The van der Waals surface area contributed by atoms with Crippen LogP contribution in [0.1, 0.15) is 5.56 Å². The van der Waals surface area contributed by atoms with Gasteiger partial charge < -0.3 is 9.47 Å². The molecule has 78 valence electrons. The summed E-state index contributed by atoms with van der Waals surface area (Å²) >= 11 is 3.34. The first-order valence-corrected chi connectivity index (χ1v) is 5.21. The molecule has 1 fully saturated rings. The average molecular weight is 269 g/mol. The van der Waals surface area contributed by atoms with Crippen molar-refractivity contribution in [1.82, 2.24) is 0 Å². The molecule has 0 aliphatic carbocycles. The molecule has 1 aromatic rings. The highest BCUT2D eigenvalue weighted by atomic mass is 79.9. The van der Waals surface area contributed by atoms with E-state index in [1.54, 1.807) is 6.08 Å². The van der Waals surface area contributed by atoms with E-state index in [1.165, 1.54) is 0 Å². The number of rotatable bonds is 2. The number of hydrogen-bond donors (Lipinski definition) is 0. The Morgan fingerprint density at radius 1 is 1.40 bits per heavy atom. The number of cyclic esters (lactones) is 2. The van der Waals surface area contributed by atoms with Crippen LogP contribution in [-0.4, -0.2) is 12.8 Å². The molecule has 0 N–H and O–H groups in total. The SMILES string of the molecule is C=C[C@]1(c2ccc(Br)cc2)COC(=O)O1. The molecule has 0 spiro atoms. The van der Waals surface area contributed by atoms with E-state index in [0.29, 0.717) is 0 Å². The summed E-state index contributed by atoms with van der Waals surface area (Å²) in [5.74, 6) is 0. The Labute approximate surface area is 95.8 Å². The lowest BCUT2D eigenvalue weighted by molar-refractivity contribution is 0.0887. The van der Waals surface area contributed by atoms with E-state index < -0.39 is 11.8 Å². The molecule has 1 aromatic carbocycles. The topological polar surface area (TPSA) is 35.5 Å². The molecule has 0 radical (unpaired) electrons. The second kappa shape index (κ2) is 3.70. The molecule has 1 heterocycles. The van der Waals surface area contributed by atoms with Gasteiger partial charge in [0.05, 0.1) is 0 Å². The summed E-state index contributed by atoms with van der Waals surface area (Å²) in [6.45, 7) is 3.86. The van der Waals surface area contributed by atoms with Crippen molar-refractivity contribution in [2.24, 2.45) is 0 Å². The van der Waals surface area contributed by atoms with Crippen molar-refractivity contribution >= 4 is 22.1 Å². The summed E-state index contributed by atoms with van der Waals surface area (Å²) in [6, 6.07) is 7.50. The summed E-state index contributed by atoms with van der Waals surface area (Å²) in [5.41, 5.74) is 0.0178. The highest BCUT2D eigenvalue weighted by molar-refractivity contribution is 9.10. The van der Waals surface area contributed by atoms with Gasteiger partial charge in [0.1, 0.15) is 6.61 Å². The third-order valence-electron chi connectivity index (χ3n) is 2.33. The Morgan fingerprint density at radius 3 is 2.53 bits per heavy atom. The molecule has 0 unspecified atom stereocenters. The molecule has 1 aliphatic rings. The molecular weight excluding hydrogens is 260 g/mol. The van der Waals surface area contributed by atoms with Crippen LogP contribution in [0.25, 0.3) is 0 Å². The minimum atomic E-state index is -0.836. The fraction of sp³-hybridized carbons (Fsp3) is 0.182. The van der Waals surface area contributed by atoms with E-state index in [4.69, 9.17) is 9.47 Å². The number of carbonyl (C=O) groups is 1. The molecule has 0 saturated carbocycles. The minimum absolute atomic E-state index is 0.178. The standard InChI is InChI=1S/C11H9BrO3/c1-2-11(7-14-10(13)15-11)8-3-5-9(12)6-4-8/h2-6H,1,7H2/t11-/m1/s1. The van der Waals surface area contributed by atoms with Gasteiger partial charge in [-0.1, -0.05) is 34.6 Å². The zero-order valence-electron chi connectivity index (χ0n) is 7.90. The fourth-order valence-corrected chi connectivity index (χ4v) is 1.73. The van der Waals surface area contributed by atoms with Crippen molar-refractivity contribution < 1.29 is 14.3 Å². The summed E-state index contributed by atoms with van der Waals surface area (Å²) in [6.07, 6.45) is 0.930. The minimum Gasteiger partial charge on any atom is -0.429 e. The summed E-state index contributed by atoms with van der Waals surface area (Å²) in [5, 5.41) is 0. The number of carbonyl (C=O) groups excluding carboxylic acids is 1. The molecule has 1 saturated heterocycles. The van der Waals surface area contributed by atoms with E-state index in [1.807, 2.05) is 24.3 Å². The third kappa shape index (κ3) is 1.77. The largest absolute Gasteiger partial charge is 0.509 e. The molecule has 4 heteroatoms. The van der Waals surface area contributed by atoms with E-state index >= 15 is 0 Å². The number of benzene rings is 1. The van der Waals surface area contributed by atoms with Crippen LogP contribution in [0, 0.1) is 0 Å². The predicted molar refractivity (Wildman–Crippen MR) is 58.5 cm³/mol. The Hall–Kier alpha value is -1.29. The maximum absolute atomic E-state index is 11.0. The highest BCUT2D eigenvalue weighted by Crippen LogP contribution is 2.33. The normalized spacial score (nSPS) is 24.5. The van der Waals surface area contributed by atoms with E-state index in [2.05, 4.69) is 22.5 Å². The van der Waals surface area contributed by atoms with Gasteiger partial charge in [0.25, 0.3) is 0 Å². The van der Waals surface area contributed by atoms with Crippen LogP contribution in [-0.2, 0) is 15.1 Å². The van der Waals surface area contributed by atoms with Gasteiger partial charge in [0, 0.05) is 10.0 Å². The maximum atomic E-state index is 11.0.